The smallest absolute Gasteiger partial charge is 0.292 e. The van der Waals surface area contributed by atoms with E-state index < -0.39 is 4.92 Å². The van der Waals surface area contributed by atoms with Crippen molar-refractivity contribution >= 4 is 17.3 Å². The largest absolute Gasteiger partial charge is 0.380 e. The first-order valence-electron chi connectivity index (χ1n) is 6.38. The average molecular weight is 280 g/mol. The monoisotopic (exact) mass is 280 g/mol. The van der Waals surface area contributed by atoms with Crippen LogP contribution < -0.4 is 10.6 Å². The van der Waals surface area contributed by atoms with Gasteiger partial charge in [-0.05, 0) is 19.5 Å². The lowest BCUT2D eigenvalue weighted by atomic mass is 10.1. The predicted molar refractivity (Wildman–Crippen MR) is 77.7 cm³/mol. The van der Waals surface area contributed by atoms with Gasteiger partial charge in [0.25, 0.3) is 5.69 Å². The molecule has 0 aromatic heterocycles. The standard InChI is InChI=1S/C13H20N4O3/c1-4-15-13-10(6-5-7-11(13)17(19)20)8-16(3)9-12(18)14-2/h5-7,15H,4,8-9H2,1-3H3,(H,14,18). The van der Waals surface area contributed by atoms with Crippen LogP contribution in [0.4, 0.5) is 11.4 Å². The minimum Gasteiger partial charge on any atom is -0.380 e. The van der Waals surface area contributed by atoms with Gasteiger partial charge in [-0.3, -0.25) is 19.8 Å². The number of benzene rings is 1. The molecular weight excluding hydrogens is 260 g/mol. The van der Waals surface area contributed by atoms with Crippen LogP contribution in [-0.2, 0) is 11.3 Å². The van der Waals surface area contributed by atoms with Crippen LogP contribution in [0.25, 0.3) is 0 Å². The summed E-state index contributed by atoms with van der Waals surface area (Å²) in [7, 11) is 3.37. The van der Waals surface area contributed by atoms with E-state index in [1.165, 1.54) is 6.07 Å². The number of para-hydroxylation sites is 1. The van der Waals surface area contributed by atoms with Crippen LogP contribution in [-0.4, -0.2) is 42.9 Å². The van der Waals surface area contributed by atoms with Gasteiger partial charge in [0, 0.05) is 26.2 Å². The van der Waals surface area contributed by atoms with Crippen LogP contribution in [0.5, 0.6) is 0 Å². The molecule has 0 aliphatic heterocycles. The Morgan fingerprint density at radius 3 is 2.70 bits per heavy atom. The van der Waals surface area contributed by atoms with Gasteiger partial charge < -0.3 is 10.6 Å². The summed E-state index contributed by atoms with van der Waals surface area (Å²) in [6.45, 7) is 3.17. The molecule has 1 aromatic rings. The lowest BCUT2D eigenvalue weighted by molar-refractivity contribution is -0.384. The van der Waals surface area contributed by atoms with E-state index in [4.69, 9.17) is 0 Å². The van der Waals surface area contributed by atoms with Crippen molar-refractivity contribution < 1.29 is 9.72 Å². The summed E-state index contributed by atoms with van der Waals surface area (Å²) in [6, 6.07) is 4.95. The fourth-order valence-corrected chi connectivity index (χ4v) is 1.92. The summed E-state index contributed by atoms with van der Waals surface area (Å²) >= 11 is 0. The Morgan fingerprint density at radius 2 is 2.15 bits per heavy atom. The summed E-state index contributed by atoms with van der Waals surface area (Å²) in [6.07, 6.45) is 0. The van der Waals surface area contributed by atoms with Crippen molar-refractivity contribution in [3.8, 4) is 0 Å². The Labute approximate surface area is 118 Å². The van der Waals surface area contributed by atoms with Crippen molar-refractivity contribution in [3.63, 3.8) is 0 Å². The van der Waals surface area contributed by atoms with E-state index in [2.05, 4.69) is 10.6 Å². The topological polar surface area (TPSA) is 87.5 Å². The lowest BCUT2D eigenvalue weighted by Crippen LogP contribution is -2.32. The fraction of sp³-hybridized carbons (Fsp3) is 0.462. The van der Waals surface area contributed by atoms with Gasteiger partial charge in [0.2, 0.25) is 5.91 Å². The highest BCUT2D eigenvalue weighted by atomic mass is 16.6. The van der Waals surface area contributed by atoms with Gasteiger partial charge in [0.1, 0.15) is 5.69 Å². The molecule has 1 amide bonds. The third-order valence-electron chi connectivity index (χ3n) is 2.81. The van der Waals surface area contributed by atoms with Gasteiger partial charge in [-0.25, -0.2) is 0 Å². The molecule has 2 N–H and O–H groups in total. The van der Waals surface area contributed by atoms with E-state index in [9.17, 15) is 14.9 Å². The summed E-state index contributed by atoms with van der Waals surface area (Å²) < 4.78 is 0. The third-order valence-corrected chi connectivity index (χ3v) is 2.81. The van der Waals surface area contributed by atoms with E-state index in [1.54, 1.807) is 25.1 Å². The maximum atomic E-state index is 11.3. The predicted octanol–water partition coefficient (Wildman–Crippen LogP) is 1.20. The second kappa shape index (κ2) is 7.44. The Bertz CT molecular complexity index is 491. The lowest BCUT2D eigenvalue weighted by Gasteiger charge is -2.18. The number of nitro benzene ring substituents is 1. The van der Waals surface area contributed by atoms with E-state index >= 15 is 0 Å². The minimum atomic E-state index is -0.403. The molecule has 7 heteroatoms. The highest BCUT2D eigenvalue weighted by Gasteiger charge is 2.18. The SMILES string of the molecule is CCNc1c(CN(C)CC(=O)NC)cccc1[N+](=O)[O-]. The first kappa shape index (κ1) is 15.9. The van der Waals surface area contributed by atoms with Gasteiger partial charge in [0.15, 0.2) is 0 Å². The highest BCUT2D eigenvalue weighted by molar-refractivity contribution is 5.77. The number of likely N-dealkylation sites (N-methyl/N-ethyl adjacent to an activating group) is 2. The summed E-state index contributed by atoms with van der Waals surface area (Å²) in [5, 5.41) is 16.6. The minimum absolute atomic E-state index is 0.0534. The van der Waals surface area contributed by atoms with Gasteiger partial charge in [-0.15, -0.1) is 0 Å². The van der Waals surface area contributed by atoms with Crippen molar-refractivity contribution in [2.45, 2.75) is 13.5 Å². The molecule has 0 aliphatic carbocycles. The Balaban J connectivity index is 2.96. The Kier molecular flexibility index (Phi) is 5.92. The highest BCUT2D eigenvalue weighted by Crippen LogP contribution is 2.28. The molecule has 0 bridgehead atoms. The maximum Gasteiger partial charge on any atom is 0.292 e. The van der Waals surface area contributed by atoms with Crippen LogP contribution >= 0.6 is 0 Å². The maximum absolute atomic E-state index is 11.3. The normalized spacial score (nSPS) is 10.4. The Hall–Kier alpha value is -2.15. The number of amides is 1. The molecule has 1 aromatic carbocycles. The second-order valence-electron chi connectivity index (χ2n) is 4.44. The van der Waals surface area contributed by atoms with E-state index in [0.29, 0.717) is 18.8 Å². The number of carbonyl (C=O) groups is 1. The number of nitrogens with zero attached hydrogens (tertiary/aromatic N) is 2. The Morgan fingerprint density at radius 1 is 1.45 bits per heavy atom. The fourth-order valence-electron chi connectivity index (χ4n) is 1.92. The molecule has 7 nitrogen and oxygen atoms in total. The quantitative estimate of drug-likeness (QED) is 0.579. The molecule has 0 unspecified atom stereocenters. The van der Waals surface area contributed by atoms with Crippen LogP contribution in [0.3, 0.4) is 0 Å². The van der Waals surface area contributed by atoms with Crippen LogP contribution in [0.1, 0.15) is 12.5 Å². The molecule has 110 valence electrons. The zero-order chi connectivity index (χ0) is 15.1. The molecular formula is C13H20N4O3. The third kappa shape index (κ3) is 4.20. The van der Waals surface area contributed by atoms with Crippen molar-refractivity contribution in [2.75, 3.05) is 32.5 Å². The molecule has 0 fully saturated rings. The first-order chi connectivity index (χ1) is 9.49. The van der Waals surface area contributed by atoms with Crippen LogP contribution in [0, 0.1) is 10.1 Å². The number of rotatable bonds is 7. The zero-order valence-electron chi connectivity index (χ0n) is 12.0. The van der Waals surface area contributed by atoms with Gasteiger partial charge in [-0.1, -0.05) is 12.1 Å². The number of anilines is 1. The molecule has 20 heavy (non-hydrogen) atoms. The first-order valence-corrected chi connectivity index (χ1v) is 6.38. The number of nitrogens with one attached hydrogen (secondary N) is 2. The van der Waals surface area contributed by atoms with Crippen molar-refractivity contribution in [1.29, 1.82) is 0 Å². The molecule has 0 heterocycles. The summed E-state index contributed by atoms with van der Waals surface area (Å²) in [5.41, 5.74) is 1.37. The van der Waals surface area contributed by atoms with E-state index in [0.717, 1.165) is 5.56 Å². The molecule has 1 rings (SSSR count). The van der Waals surface area contributed by atoms with E-state index in [-0.39, 0.29) is 18.1 Å². The number of nitro groups is 1. The van der Waals surface area contributed by atoms with Gasteiger partial charge in [-0.2, -0.15) is 0 Å². The molecule has 0 saturated heterocycles. The number of hydrogen-bond donors (Lipinski definition) is 2. The van der Waals surface area contributed by atoms with Crippen molar-refractivity contribution in [3.05, 3.63) is 33.9 Å². The molecule has 0 radical (unpaired) electrons. The van der Waals surface area contributed by atoms with Crippen molar-refractivity contribution in [2.24, 2.45) is 0 Å². The van der Waals surface area contributed by atoms with Crippen molar-refractivity contribution in [1.82, 2.24) is 10.2 Å². The summed E-state index contributed by atoms with van der Waals surface area (Å²) in [5.74, 6) is -0.0945. The average Bonchev–Trinajstić information content (AvgIpc) is 2.40. The van der Waals surface area contributed by atoms with Crippen LogP contribution in [0.15, 0.2) is 18.2 Å². The molecule has 0 spiro atoms. The molecule has 0 atom stereocenters. The molecule has 0 aliphatic rings. The second-order valence-corrected chi connectivity index (χ2v) is 4.44. The summed E-state index contributed by atoms with van der Waals surface area (Å²) in [4.78, 5) is 23.8. The van der Waals surface area contributed by atoms with E-state index in [1.807, 2.05) is 13.0 Å². The van der Waals surface area contributed by atoms with Gasteiger partial charge in [0.05, 0.1) is 11.5 Å². The van der Waals surface area contributed by atoms with Gasteiger partial charge >= 0.3 is 0 Å². The number of carbonyl (C=O) groups excluding carboxylic acids is 1. The molecule has 0 saturated carbocycles. The van der Waals surface area contributed by atoms with Crippen LogP contribution in [0.2, 0.25) is 0 Å². The zero-order valence-corrected chi connectivity index (χ0v) is 12.0. The number of hydrogen-bond acceptors (Lipinski definition) is 5.